The zero-order valence-corrected chi connectivity index (χ0v) is 16.4. The molecule has 2 N–H and O–H groups in total. The summed E-state index contributed by atoms with van der Waals surface area (Å²) >= 11 is 2.31. The molecule has 0 radical (unpaired) electrons. The molecule has 25 heavy (non-hydrogen) atoms. The normalized spacial score (nSPS) is 11.8. The SMILES string of the molecule is CC[C@H](C)Nc1nc(Nc2ccccc2I)cc(-c2cccnc2)n1. The second kappa shape index (κ2) is 8.24. The number of nitrogens with zero attached hydrogens (tertiary/aromatic N) is 3. The third-order valence-electron chi connectivity index (χ3n) is 3.81. The molecule has 0 spiro atoms. The van der Waals surface area contributed by atoms with E-state index in [2.05, 4.69) is 68.1 Å². The summed E-state index contributed by atoms with van der Waals surface area (Å²) in [4.78, 5) is 13.5. The van der Waals surface area contributed by atoms with E-state index in [1.165, 1.54) is 0 Å². The fourth-order valence-corrected chi connectivity index (χ4v) is 2.78. The Morgan fingerprint density at radius 1 is 1.12 bits per heavy atom. The molecule has 1 aromatic carbocycles. The lowest BCUT2D eigenvalue weighted by Gasteiger charge is -2.15. The Bertz CT molecular complexity index is 838. The summed E-state index contributed by atoms with van der Waals surface area (Å²) in [7, 11) is 0. The predicted molar refractivity (Wildman–Crippen MR) is 111 cm³/mol. The molecule has 0 saturated heterocycles. The van der Waals surface area contributed by atoms with Gasteiger partial charge in [0.05, 0.1) is 11.4 Å². The van der Waals surface area contributed by atoms with Crippen molar-refractivity contribution in [1.29, 1.82) is 0 Å². The van der Waals surface area contributed by atoms with Crippen LogP contribution in [0, 0.1) is 3.57 Å². The minimum absolute atomic E-state index is 0.300. The molecule has 6 heteroatoms. The van der Waals surface area contributed by atoms with Gasteiger partial charge in [-0.3, -0.25) is 4.98 Å². The van der Waals surface area contributed by atoms with Gasteiger partial charge < -0.3 is 10.6 Å². The van der Waals surface area contributed by atoms with Gasteiger partial charge in [0.25, 0.3) is 0 Å². The van der Waals surface area contributed by atoms with Gasteiger partial charge in [-0.25, -0.2) is 4.98 Å². The molecule has 2 aromatic heterocycles. The lowest BCUT2D eigenvalue weighted by Crippen LogP contribution is -2.16. The Morgan fingerprint density at radius 2 is 1.96 bits per heavy atom. The van der Waals surface area contributed by atoms with Gasteiger partial charge in [0.1, 0.15) is 5.82 Å². The Morgan fingerprint density at radius 3 is 2.68 bits per heavy atom. The van der Waals surface area contributed by atoms with Crippen LogP contribution in [0.25, 0.3) is 11.3 Å². The molecule has 1 atom stereocenters. The minimum Gasteiger partial charge on any atom is -0.352 e. The highest BCUT2D eigenvalue weighted by Gasteiger charge is 2.10. The zero-order chi connectivity index (χ0) is 17.6. The summed E-state index contributed by atoms with van der Waals surface area (Å²) in [6.07, 6.45) is 4.57. The van der Waals surface area contributed by atoms with Crippen LogP contribution < -0.4 is 10.6 Å². The van der Waals surface area contributed by atoms with Gasteiger partial charge in [-0.1, -0.05) is 19.1 Å². The van der Waals surface area contributed by atoms with E-state index in [0.717, 1.165) is 32.8 Å². The maximum absolute atomic E-state index is 4.65. The van der Waals surface area contributed by atoms with E-state index in [4.69, 9.17) is 0 Å². The zero-order valence-electron chi connectivity index (χ0n) is 14.2. The van der Waals surface area contributed by atoms with Gasteiger partial charge in [-0.15, -0.1) is 0 Å². The average Bonchev–Trinajstić information content (AvgIpc) is 2.64. The fraction of sp³-hybridized carbons (Fsp3) is 0.211. The Hall–Kier alpha value is -2.22. The van der Waals surface area contributed by atoms with E-state index in [0.29, 0.717) is 12.0 Å². The van der Waals surface area contributed by atoms with E-state index in [-0.39, 0.29) is 0 Å². The predicted octanol–water partition coefficient (Wildman–Crippen LogP) is 5.10. The van der Waals surface area contributed by atoms with Crippen LogP contribution in [-0.4, -0.2) is 21.0 Å². The summed E-state index contributed by atoms with van der Waals surface area (Å²) in [5, 5.41) is 6.75. The number of rotatable bonds is 6. The highest BCUT2D eigenvalue weighted by Crippen LogP contribution is 2.25. The smallest absolute Gasteiger partial charge is 0.225 e. The van der Waals surface area contributed by atoms with E-state index in [1.54, 1.807) is 6.20 Å². The van der Waals surface area contributed by atoms with Crippen molar-refractivity contribution in [3.63, 3.8) is 0 Å². The summed E-state index contributed by atoms with van der Waals surface area (Å²) in [6.45, 7) is 4.25. The number of anilines is 3. The van der Waals surface area contributed by atoms with Crippen molar-refractivity contribution < 1.29 is 0 Å². The van der Waals surface area contributed by atoms with E-state index >= 15 is 0 Å². The molecular weight excluding hydrogens is 425 g/mol. The van der Waals surface area contributed by atoms with E-state index in [9.17, 15) is 0 Å². The molecule has 0 unspecified atom stereocenters. The molecule has 3 rings (SSSR count). The van der Waals surface area contributed by atoms with Gasteiger partial charge in [-0.05, 0) is 60.2 Å². The van der Waals surface area contributed by atoms with Crippen molar-refractivity contribution >= 4 is 40.0 Å². The molecule has 0 bridgehead atoms. The van der Waals surface area contributed by atoms with E-state index in [1.807, 2.05) is 42.6 Å². The lowest BCUT2D eigenvalue weighted by atomic mass is 10.2. The number of aromatic nitrogens is 3. The van der Waals surface area contributed by atoms with Crippen LogP contribution in [0.5, 0.6) is 0 Å². The fourth-order valence-electron chi connectivity index (χ4n) is 2.26. The molecule has 128 valence electrons. The second-order valence-electron chi connectivity index (χ2n) is 5.76. The molecule has 0 aliphatic heterocycles. The standard InChI is InChI=1S/C19H20IN5/c1-3-13(2)22-19-24-17(14-7-6-10-21-12-14)11-18(25-19)23-16-9-5-4-8-15(16)20/h4-13H,3H2,1-2H3,(H2,22,23,24,25)/t13-/m0/s1. The van der Waals surface area contributed by atoms with Gasteiger partial charge in [-0.2, -0.15) is 4.98 Å². The molecule has 0 fully saturated rings. The molecule has 0 aliphatic rings. The lowest BCUT2D eigenvalue weighted by molar-refractivity contribution is 0.753. The number of nitrogens with one attached hydrogen (secondary N) is 2. The molecule has 2 heterocycles. The first-order valence-corrected chi connectivity index (χ1v) is 9.31. The van der Waals surface area contributed by atoms with Gasteiger partial charge >= 0.3 is 0 Å². The number of pyridine rings is 1. The minimum atomic E-state index is 0.300. The van der Waals surface area contributed by atoms with Crippen molar-refractivity contribution in [3.05, 3.63) is 58.4 Å². The molecule has 0 saturated carbocycles. The third-order valence-corrected chi connectivity index (χ3v) is 4.75. The monoisotopic (exact) mass is 445 g/mol. The van der Waals surface area contributed by atoms with Gasteiger partial charge in [0.2, 0.25) is 5.95 Å². The highest BCUT2D eigenvalue weighted by atomic mass is 127. The number of halogens is 1. The number of benzene rings is 1. The van der Waals surface area contributed by atoms with Crippen LogP contribution in [0.4, 0.5) is 17.5 Å². The van der Waals surface area contributed by atoms with Crippen molar-refractivity contribution in [2.45, 2.75) is 26.3 Å². The largest absolute Gasteiger partial charge is 0.352 e. The Kier molecular flexibility index (Phi) is 5.80. The van der Waals surface area contributed by atoms with Gasteiger partial charge in [0.15, 0.2) is 0 Å². The van der Waals surface area contributed by atoms with Crippen molar-refractivity contribution in [2.75, 3.05) is 10.6 Å². The molecule has 0 amide bonds. The van der Waals surface area contributed by atoms with Crippen molar-refractivity contribution in [2.24, 2.45) is 0 Å². The second-order valence-corrected chi connectivity index (χ2v) is 6.92. The molecule has 3 aromatic rings. The first kappa shape index (κ1) is 17.6. The highest BCUT2D eigenvalue weighted by molar-refractivity contribution is 14.1. The summed E-state index contributed by atoms with van der Waals surface area (Å²) in [5.41, 5.74) is 2.82. The first-order chi connectivity index (χ1) is 12.2. The number of para-hydroxylation sites is 1. The maximum Gasteiger partial charge on any atom is 0.225 e. The van der Waals surface area contributed by atoms with E-state index < -0.39 is 0 Å². The van der Waals surface area contributed by atoms with Crippen LogP contribution in [-0.2, 0) is 0 Å². The van der Waals surface area contributed by atoms with Gasteiger partial charge in [0, 0.05) is 33.6 Å². The Labute approximate surface area is 161 Å². The Balaban J connectivity index is 1.99. The van der Waals surface area contributed by atoms with Crippen LogP contribution in [0.2, 0.25) is 0 Å². The van der Waals surface area contributed by atoms with Crippen LogP contribution >= 0.6 is 22.6 Å². The number of hydrogen-bond acceptors (Lipinski definition) is 5. The summed E-state index contributed by atoms with van der Waals surface area (Å²) < 4.78 is 1.14. The summed E-state index contributed by atoms with van der Waals surface area (Å²) in [6, 6.07) is 14.3. The molecule has 5 nitrogen and oxygen atoms in total. The molecular formula is C19H20IN5. The van der Waals surface area contributed by atoms with Crippen LogP contribution in [0.3, 0.4) is 0 Å². The third kappa shape index (κ3) is 4.66. The number of hydrogen-bond donors (Lipinski definition) is 2. The van der Waals surface area contributed by atoms with Crippen molar-refractivity contribution in [1.82, 2.24) is 15.0 Å². The molecule has 0 aliphatic carbocycles. The van der Waals surface area contributed by atoms with Crippen molar-refractivity contribution in [3.8, 4) is 11.3 Å². The van der Waals surface area contributed by atoms with Crippen LogP contribution in [0.1, 0.15) is 20.3 Å². The quantitative estimate of drug-likeness (QED) is 0.518. The summed E-state index contributed by atoms with van der Waals surface area (Å²) in [5.74, 6) is 1.37. The average molecular weight is 445 g/mol. The topological polar surface area (TPSA) is 62.7 Å². The first-order valence-electron chi connectivity index (χ1n) is 8.23. The van der Waals surface area contributed by atoms with Crippen LogP contribution in [0.15, 0.2) is 54.9 Å². The maximum atomic E-state index is 4.65.